The molecule has 0 radical (unpaired) electrons. The molecule has 1 aromatic rings. The van der Waals surface area contributed by atoms with Crippen molar-refractivity contribution >= 4 is 11.5 Å². The first-order chi connectivity index (χ1) is 10.3. The van der Waals surface area contributed by atoms with Crippen LogP contribution in [0, 0.1) is 0 Å². The second kappa shape index (κ2) is 5.87. The number of hydrogen-bond donors (Lipinski definition) is 2. The van der Waals surface area contributed by atoms with Crippen LogP contribution in [0.5, 0.6) is 0 Å². The van der Waals surface area contributed by atoms with Gasteiger partial charge in [0.25, 0.3) is 0 Å². The lowest BCUT2D eigenvalue weighted by Gasteiger charge is -2.31. The number of nitrogens with zero attached hydrogens (tertiary/aromatic N) is 2. The van der Waals surface area contributed by atoms with Gasteiger partial charge in [-0.25, -0.2) is 4.99 Å². The van der Waals surface area contributed by atoms with Crippen molar-refractivity contribution in [1.82, 2.24) is 5.32 Å². The molecule has 21 heavy (non-hydrogen) atoms. The highest BCUT2D eigenvalue weighted by atomic mass is 16.3. The monoisotopic (exact) mass is 281 g/mol. The van der Waals surface area contributed by atoms with E-state index in [0.717, 1.165) is 36.4 Å². The standard InChI is InChI=1S/C17H19N3O/c1-2-3-7-13-12-20(14-8-5-4-6-9-14)17-15(16(13)21)18-10-11-19-17/h4-6,8-12,18,21H,2-3,7H2,1H3. The lowest BCUT2D eigenvalue weighted by atomic mass is 10.0. The van der Waals surface area contributed by atoms with Crippen molar-refractivity contribution in [3.8, 4) is 0 Å². The summed E-state index contributed by atoms with van der Waals surface area (Å²) >= 11 is 0. The van der Waals surface area contributed by atoms with Gasteiger partial charge in [-0.15, -0.1) is 0 Å². The topological polar surface area (TPSA) is 47.9 Å². The largest absolute Gasteiger partial charge is 0.505 e. The van der Waals surface area contributed by atoms with Crippen LogP contribution in [0.15, 0.2) is 71.0 Å². The number of amidine groups is 1. The van der Waals surface area contributed by atoms with Crippen molar-refractivity contribution in [3.63, 3.8) is 0 Å². The van der Waals surface area contributed by atoms with E-state index in [1.807, 2.05) is 41.4 Å². The van der Waals surface area contributed by atoms with Crippen molar-refractivity contribution in [2.24, 2.45) is 4.99 Å². The van der Waals surface area contributed by atoms with Crippen molar-refractivity contribution in [3.05, 3.63) is 66.0 Å². The van der Waals surface area contributed by atoms with E-state index in [1.165, 1.54) is 0 Å². The molecular formula is C17H19N3O. The molecule has 0 aromatic heterocycles. The predicted molar refractivity (Wildman–Crippen MR) is 85.9 cm³/mol. The first-order valence-corrected chi connectivity index (χ1v) is 7.29. The van der Waals surface area contributed by atoms with Gasteiger partial charge in [0, 0.05) is 29.9 Å². The number of rotatable bonds is 4. The van der Waals surface area contributed by atoms with Gasteiger partial charge >= 0.3 is 0 Å². The molecule has 0 saturated heterocycles. The smallest absolute Gasteiger partial charge is 0.164 e. The number of aliphatic hydroxyl groups is 1. The molecule has 0 spiro atoms. The summed E-state index contributed by atoms with van der Waals surface area (Å²) in [6.07, 6.45) is 8.43. The maximum Gasteiger partial charge on any atom is 0.164 e. The van der Waals surface area contributed by atoms with Crippen molar-refractivity contribution < 1.29 is 5.11 Å². The minimum absolute atomic E-state index is 0.304. The number of para-hydroxylation sites is 1. The summed E-state index contributed by atoms with van der Waals surface area (Å²) in [6.45, 7) is 2.15. The maximum absolute atomic E-state index is 10.5. The third kappa shape index (κ3) is 2.57. The Balaban J connectivity index is 2.03. The van der Waals surface area contributed by atoms with E-state index in [1.54, 1.807) is 12.4 Å². The Bertz CT molecular complexity index is 641. The molecule has 0 saturated carbocycles. The first-order valence-electron chi connectivity index (χ1n) is 7.29. The van der Waals surface area contributed by atoms with Crippen LogP contribution in [-0.2, 0) is 0 Å². The number of unbranched alkanes of at least 4 members (excludes halogenated alkanes) is 1. The Hall–Kier alpha value is -2.49. The number of benzene rings is 1. The minimum Gasteiger partial charge on any atom is -0.505 e. The number of nitrogens with one attached hydrogen (secondary N) is 1. The summed E-state index contributed by atoms with van der Waals surface area (Å²) in [6, 6.07) is 10.1. The molecule has 0 fully saturated rings. The van der Waals surface area contributed by atoms with Gasteiger partial charge in [-0.3, -0.25) is 4.90 Å². The maximum atomic E-state index is 10.5. The van der Waals surface area contributed by atoms with Crippen LogP contribution in [-0.4, -0.2) is 10.9 Å². The summed E-state index contributed by atoms with van der Waals surface area (Å²) in [5.41, 5.74) is 2.65. The molecule has 0 unspecified atom stereocenters. The Labute approximate surface area is 124 Å². The Morgan fingerprint density at radius 3 is 2.81 bits per heavy atom. The lowest BCUT2D eigenvalue weighted by Crippen LogP contribution is -2.37. The molecule has 1 aromatic carbocycles. The summed E-state index contributed by atoms with van der Waals surface area (Å²) in [5, 5.41) is 13.6. The van der Waals surface area contributed by atoms with E-state index in [2.05, 4.69) is 17.2 Å². The molecule has 4 heteroatoms. The van der Waals surface area contributed by atoms with E-state index >= 15 is 0 Å². The van der Waals surface area contributed by atoms with Gasteiger partial charge in [0.05, 0.1) is 0 Å². The molecule has 108 valence electrons. The average molecular weight is 281 g/mol. The molecule has 2 heterocycles. The highest BCUT2D eigenvalue weighted by Crippen LogP contribution is 2.29. The van der Waals surface area contributed by atoms with Crippen molar-refractivity contribution in [2.45, 2.75) is 26.2 Å². The fourth-order valence-corrected chi connectivity index (χ4v) is 2.49. The van der Waals surface area contributed by atoms with Crippen molar-refractivity contribution in [1.29, 1.82) is 0 Å². The van der Waals surface area contributed by atoms with E-state index < -0.39 is 0 Å². The number of aliphatic hydroxyl groups excluding tert-OH is 1. The number of anilines is 1. The average Bonchev–Trinajstić information content (AvgIpc) is 2.55. The lowest BCUT2D eigenvalue weighted by molar-refractivity contribution is 0.408. The van der Waals surface area contributed by atoms with E-state index in [-0.39, 0.29) is 0 Å². The predicted octanol–water partition coefficient (Wildman–Crippen LogP) is 3.82. The van der Waals surface area contributed by atoms with Gasteiger partial charge in [-0.1, -0.05) is 31.5 Å². The van der Waals surface area contributed by atoms with E-state index in [0.29, 0.717) is 11.5 Å². The van der Waals surface area contributed by atoms with Gasteiger partial charge in [0.15, 0.2) is 5.84 Å². The molecule has 0 bridgehead atoms. The zero-order chi connectivity index (χ0) is 14.7. The number of hydrogen-bond acceptors (Lipinski definition) is 4. The van der Waals surface area contributed by atoms with Crippen LogP contribution in [0.2, 0.25) is 0 Å². The summed E-state index contributed by atoms with van der Waals surface area (Å²) in [7, 11) is 0. The SMILES string of the molecule is CCCCC1=CN(c2ccccc2)C2=NC=CNC2=C1O. The molecular weight excluding hydrogens is 262 g/mol. The van der Waals surface area contributed by atoms with Crippen LogP contribution in [0.4, 0.5) is 5.69 Å². The van der Waals surface area contributed by atoms with Crippen LogP contribution < -0.4 is 10.2 Å². The van der Waals surface area contributed by atoms with Gasteiger partial charge in [-0.05, 0) is 25.0 Å². The summed E-state index contributed by atoms with van der Waals surface area (Å²) < 4.78 is 0. The third-order valence-corrected chi connectivity index (χ3v) is 3.61. The quantitative estimate of drug-likeness (QED) is 0.882. The minimum atomic E-state index is 0.304. The normalized spacial score (nSPS) is 17.1. The van der Waals surface area contributed by atoms with E-state index in [9.17, 15) is 5.11 Å². The molecule has 2 aliphatic rings. The fraction of sp³-hybridized carbons (Fsp3) is 0.235. The molecule has 2 aliphatic heterocycles. The van der Waals surface area contributed by atoms with Gasteiger partial charge in [0.1, 0.15) is 11.5 Å². The van der Waals surface area contributed by atoms with Crippen LogP contribution in [0.1, 0.15) is 26.2 Å². The second-order valence-electron chi connectivity index (χ2n) is 5.10. The highest BCUT2D eigenvalue weighted by molar-refractivity contribution is 6.13. The van der Waals surface area contributed by atoms with Gasteiger partial charge in [0.2, 0.25) is 0 Å². The summed E-state index contributed by atoms with van der Waals surface area (Å²) in [4.78, 5) is 6.44. The number of fused-ring (bicyclic) bond motifs is 1. The first kappa shape index (κ1) is 13.5. The zero-order valence-electron chi connectivity index (χ0n) is 12.1. The van der Waals surface area contributed by atoms with E-state index in [4.69, 9.17) is 0 Å². The Morgan fingerprint density at radius 1 is 1.24 bits per heavy atom. The van der Waals surface area contributed by atoms with Gasteiger partial charge in [-0.2, -0.15) is 0 Å². The number of allylic oxidation sites excluding steroid dienone is 1. The zero-order valence-corrected chi connectivity index (χ0v) is 12.1. The highest BCUT2D eigenvalue weighted by Gasteiger charge is 2.27. The molecule has 0 amide bonds. The van der Waals surface area contributed by atoms with Gasteiger partial charge < -0.3 is 10.4 Å². The third-order valence-electron chi connectivity index (χ3n) is 3.61. The number of aliphatic imine (C=N–C) groups is 1. The second-order valence-corrected chi connectivity index (χ2v) is 5.10. The molecule has 4 nitrogen and oxygen atoms in total. The van der Waals surface area contributed by atoms with Crippen LogP contribution >= 0.6 is 0 Å². The van der Waals surface area contributed by atoms with Crippen molar-refractivity contribution in [2.75, 3.05) is 4.90 Å². The Kier molecular flexibility index (Phi) is 3.77. The Morgan fingerprint density at radius 2 is 2.05 bits per heavy atom. The van der Waals surface area contributed by atoms with Crippen LogP contribution in [0.25, 0.3) is 0 Å². The fourth-order valence-electron chi connectivity index (χ4n) is 2.49. The molecule has 0 aliphatic carbocycles. The summed E-state index contributed by atoms with van der Waals surface area (Å²) in [5.74, 6) is 1.03. The van der Waals surface area contributed by atoms with Crippen LogP contribution in [0.3, 0.4) is 0 Å². The molecule has 2 N–H and O–H groups in total. The molecule has 0 atom stereocenters. The molecule has 3 rings (SSSR count).